The van der Waals surface area contributed by atoms with E-state index in [1.54, 1.807) is 25.1 Å². The molecule has 10 heteroatoms. The Hall–Kier alpha value is -3.43. The molecule has 3 aromatic rings. The van der Waals surface area contributed by atoms with E-state index in [0.717, 1.165) is 16.0 Å². The Kier molecular flexibility index (Phi) is 6.09. The van der Waals surface area contributed by atoms with Gasteiger partial charge in [0, 0.05) is 22.7 Å². The van der Waals surface area contributed by atoms with Crippen molar-refractivity contribution in [1.82, 2.24) is 4.90 Å². The summed E-state index contributed by atoms with van der Waals surface area (Å²) in [6, 6.07) is 10.4. The van der Waals surface area contributed by atoms with Crippen molar-refractivity contribution in [3.05, 3.63) is 90.8 Å². The van der Waals surface area contributed by atoms with Crippen molar-refractivity contribution in [2.45, 2.75) is 20.4 Å². The molecular weight excluding hydrogens is 471 g/mol. The summed E-state index contributed by atoms with van der Waals surface area (Å²) >= 11 is 6.70. The number of nitro groups is 1. The van der Waals surface area contributed by atoms with Gasteiger partial charge in [-0.25, -0.2) is 4.39 Å². The third kappa shape index (κ3) is 4.42. The fourth-order valence-electron chi connectivity index (χ4n) is 3.33. The van der Waals surface area contributed by atoms with Gasteiger partial charge in [-0.3, -0.25) is 24.6 Å². The van der Waals surface area contributed by atoms with Gasteiger partial charge in [0.2, 0.25) is 0 Å². The van der Waals surface area contributed by atoms with Crippen LogP contribution in [0.4, 0.5) is 14.9 Å². The first-order chi connectivity index (χ1) is 15.7. The average molecular weight is 487 g/mol. The highest BCUT2D eigenvalue weighted by molar-refractivity contribution is 8.18. The van der Waals surface area contributed by atoms with Crippen molar-refractivity contribution in [2.24, 2.45) is 0 Å². The number of nitro benzene ring substituents is 1. The molecule has 0 spiro atoms. The normalized spacial score (nSPS) is 15.0. The predicted octanol–water partition coefficient (Wildman–Crippen LogP) is 6.50. The Labute approximate surface area is 197 Å². The Morgan fingerprint density at radius 1 is 1.18 bits per heavy atom. The fourth-order valence-corrected chi connectivity index (χ4v) is 4.37. The number of hydrogen-bond donors (Lipinski definition) is 0. The largest absolute Gasteiger partial charge is 0.456 e. The minimum absolute atomic E-state index is 0.0463. The third-order valence-electron chi connectivity index (χ3n) is 5.23. The maximum Gasteiger partial charge on any atom is 0.293 e. The number of carbonyl (C=O) groups excluding carboxylic acids is 2. The highest BCUT2D eigenvalue weighted by atomic mass is 35.5. The van der Waals surface area contributed by atoms with Crippen LogP contribution in [0.3, 0.4) is 0 Å². The number of thioether (sulfide) groups is 1. The number of halogens is 2. The maximum atomic E-state index is 14.1. The van der Waals surface area contributed by atoms with Gasteiger partial charge < -0.3 is 4.42 Å². The van der Waals surface area contributed by atoms with Crippen LogP contribution in [0.15, 0.2) is 51.8 Å². The summed E-state index contributed by atoms with van der Waals surface area (Å²) in [5.41, 5.74) is 1.90. The van der Waals surface area contributed by atoms with Gasteiger partial charge in [0.15, 0.2) is 0 Å². The first-order valence-corrected chi connectivity index (χ1v) is 10.9. The van der Waals surface area contributed by atoms with E-state index < -0.39 is 21.9 Å². The molecule has 33 heavy (non-hydrogen) atoms. The quantitative estimate of drug-likeness (QED) is 0.232. The number of benzene rings is 2. The number of nitrogens with zero attached hydrogens (tertiary/aromatic N) is 2. The maximum absolute atomic E-state index is 14.1. The van der Waals surface area contributed by atoms with Crippen LogP contribution in [0.1, 0.15) is 22.5 Å². The Morgan fingerprint density at radius 2 is 1.91 bits per heavy atom. The molecule has 1 aliphatic rings. The zero-order valence-corrected chi connectivity index (χ0v) is 19.0. The molecule has 0 atom stereocenters. The molecule has 168 valence electrons. The van der Waals surface area contributed by atoms with E-state index in [9.17, 15) is 24.1 Å². The lowest BCUT2D eigenvalue weighted by Crippen LogP contribution is -2.28. The molecule has 4 rings (SSSR count). The molecule has 2 heterocycles. The summed E-state index contributed by atoms with van der Waals surface area (Å²) in [5.74, 6) is -0.726. The minimum Gasteiger partial charge on any atom is -0.456 e. The van der Waals surface area contributed by atoms with Crippen molar-refractivity contribution in [2.75, 3.05) is 0 Å². The zero-order chi connectivity index (χ0) is 23.9. The molecule has 1 aromatic heterocycles. The molecule has 2 aromatic carbocycles. The van der Waals surface area contributed by atoms with Crippen molar-refractivity contribution in [3.63, 3.8) is 0 Å². The van der Waals surface area contributed by atoms with E-state index >= 15 is 0 Å². The Bertz CT molecular complexity index is 1330. The van der Waals surface area contributed by atoms with Crippen molar-refractivity contribution >= 4 is 46.3 Å². The second-order valence-electron chi connectivity index (χ2n) is 7.38. The number of furan rings is 1. The molecule has 0 unspecified atom stereocenters. The van der Waals surface area contributed by atoms with Crippen LogP contribution in [0.25, 0.3) is 17.4 Å². The molecule has 0 bridgehead atoms. The number of carbonyl (C=O) groups is 2. The molecule has 1 aliphatic heterocycles. The summed E-state index contributed by atoms with van der Waals surface area (Å²) in [6.07, 6.45) is 1.38. The number of aryl methyl sites for hydroxylation is 2. The minimum atomic E-state index is -0.615. The smallest absolute Gasteiger partial charge is 0.293 e. The van der Waals surface area contributed by atoms with Crippen molar-refractivity contribution in [3.8, 4) is 11.3 Å². The van der Waals surface area contributed by atoms with E-state index in [2.05, 4.69) is 0 Å². The lowest BCUT2D eigenvalue weighted by Gasteiger charge is -2.14. The molecule has 7 nitrogen and oxygen atoms in total. The van der Waals surface area contributed by atoms with Crippen LogP contribution in [0, 0.1) is 29.8 Å². The van der Waals surface area contributed by atoms with Crippen LogP contribution in [0.5, 0.6) is 0 Å². The number of hydrogen-bond acceptors (Lipinski definition) is 6. The van der Waals surface area contributed by atoms with Crippen molar-refractivity contribution in [1.29, 1.82) is 0 Å². The van der Waals surface area contributed by atoms with E-state index in [-0.39, 0.29) is 39.2 Å². The SMILES string of the molecule is Cc1cc(-c2ccc(/C=C3\SC(=O)N(Cc4c(F)cccc4Cl)C3=O)o2)c([N+](=O)[O-])cc1C. The van der Waals surface area contributed by atoms with Crippen molar-refractivity contribution < 1.29 is 23.3 Å². The zero-order valence-electron chi connectivity index (χ0n) is 17.4. The molecule has 1 saturated heterocycles. The third-order valence-corrected chi connectivity index (χ3v) is 6.49. The topological polar surface area (TPSA) is 93.7 Å². The van der Waals surface area contributed by atoms with Gasteiger partial charge in [-0.05, 0) is 67.1 Å². The molecule has 1 fully saturated rings. The Balaban J connectivity index is 1.62. The van der Waals surface area contributed by atoms with E-state index in [1.807, 2.05) is 6.92 Å². The van der Waals surface area contributed by atoms with Gasteiger partial charge in [0.25, 0.3) is 16.8 Å². The van der Waals surface area contributed by atoms with Gasteiger partial charge in [-0.1, -0.05) is 17.7 Å². The molecule has 0 saturated carbocycles. The summed E-state index contributed by atoms with van der Waals surface area (Å²) in [5, 5.41) is 11.0. The number of imide groups is 1. The molecule has 0 radical (unpaired) electrons. The highest BCUT2D eigenvalue weighted by Crippen LogP contribution is 2.37. The fraction of sp³-hybridized carbons (Fsp3) is 0.130. The Morgan fingerprint density at radius 3 is 2.61 bits per heavy atom. The average Bonchev–Trinajstić information content (AvgIpc) is 3.32. The van der Waals surface area contributed by atoms with Gasteiger partial charge in [0.1, 0.15) is 17.3 Å². The van der Waals surface area contributed by atoms with Crippen LogP contribution >= 0.6 is 23.4 Å². The lowest BCUT2D eigenvalue weighted by molar-refractivity contribution is -0.384. The summed E-state index contributed by atoms with van der Waals surface area (Å²) < 4.78 is 19.8. The molecule has 0 aliphatic carbocycles. The number of rotatable bonds is 5. The second-order valence-corrected chi connectivity index (χ2v) is 8.78. The summed E-state index contributed by atoms with van der Waals surface area (Å²) in [6.45, 7) is 3.32. The van der Waals surface area contributed by atoms with Gasteiger partial charge >= 0.3 is 0 Å². The van der Waals surface area contributed by atoms with Gasteiger partial charge in [0.05, 0.1) is 21.9 Å². The summed E-state index contributed by atoms with van der Waals surface area (Å²) in [4.78, 5) is 37.1. The summed E-state index contributed by atoms with van der Waals surface area (Å²) in [7, 11) is 0. The first kappa shape index (κ1) is 22.8. The second kappa shape index (κ2) is 8.84. The molecular formula is C23H16ClFN2O5S. The van der Waals surface area contributed by atoms with Crippen LogP contribution in [0.2, 0.25) is 5.02 Å². The van der Waals surface area contributed by atoms with Crippen LogP contribution in [-0.4, -0.2) is 21.0 Å². The standard InChI is InChI=1S/C23H16ClFN2O5S/c1-12-8-15(19(27(30)31)9-13(12)2)20-7-6-14(32-20)10-21-22(28)26(23(29)33-21)11-16-17(24)4-3-5-18(16)25/h3-10H,11H2,1-2H3/b21-10-. The van der Waals surface area contributed by atoms with Crippen LogP contribution in [-0.2, 0) is 11.3 Å². The number of amides is 2. The van der Waals surface area contributed by atoms with Crippen LogP contribution < -0.4 is 0 Å². The highest BCUT2D eigenvalue weighted by Gasteiger charge is 2.36. The predicted molar refractivity (Wildman–Crippen MR) is 123 cm³/mol. The molecule has 2 amide bonds. The lowest BCUT2D eigenvalue weighted by atomic mass is 10.0. The van der Waals surface area contributed by atoms with E-state index in [0.29, 0.717) is 17.3 Å². The molecule has 0 N–H and O–H groups in total. The van der Waals surface area contributed by atoms with Gasteiger partial charge in [-0.15, -0.1) is 0 Å². The first-order valence-electron chi connectivity index (χ1n) is 9.70. The van der Waals surface area contributed by atoms with E-state index in [1.165, 1.54) is 30.3 Å². The van der Waals surface area contributed by atoms with E-state index in [4.69, 9.17) is 16.0 Å². The monoisotopic (exact) mass is 486 g/mol. The van der Waals surface area contributed by atoms with Gasteiger partial charge in [-0.2, -0.15) is 0 Å².